The van der Waals surface area contributed by atoms with Gasteiger partial charge in [-0.15, -0.1) is 0 Å². The maximum atomic E-state index is 12.6. The number of amides is 2. The molecule has 0 saturated carbocycles. The summed E-state index contributed by atoms with van der Waals surface area (Å²) in [6, 6.07) is 9.05. The molecule has 1 aromatic rings. The van der Waals surface area contributed by atoms with Crippen LogP contribution in [0.4, 0.5) is 0 Å². The van der Waals surface area contributed by atoms with E-state index in [0.717, 1.165) is 12.0 Å². The van der Waals surface area contributed by atoms with Crippen LogP contribution in [0.5, 0.6) is 0 Å². The molecule has 2 rings (SSSR count). The molecule has 0 aliphatic carbocycles. The molecule has 3 unspecified atom stereocenters. The molecule has 108 valence electrons. The van der Waals surface area contributed by atoms with Crippen molar-refractivity contribution in [1.82, 2.24) is 10.2 Å². The van der Waals surface area contributed by atoms with E-state index in [-0.39, 0.29) is 17.9 Å². The molecule has 1 aromatic carbocycles. The predicted octanol–water partition coefficient (Wildman–Crippen LogP) is 2.05. The molecule has 0 bridgehead atoms. The third kappa shape index (κ3) is 2.09. The molecular formula is C16H22N2O2. The second kappa shape index (κ2) is 5.27. The van der Waals surface area contributed by atoms with Crippen LogP contribution in [0.3, 0.4) is 0 Å². The predicted molar refractivity (Wildman–Crippen MR) is 78.0 cm³/mol. The molecule has 0 spiro atoms. The smallest absolute Gasteiger partial charge is 0.251 e. The lowest BCUT2D eigenvalue weighted by atomic mass is 9.84. The monoisotopic (exact) mass is 274 g/mol. The highest BCUT2D eigenvalue weighted by Gasteiger charge is 2.50. The van der Waals surface area contributed by atoms with Crippen LogP contribution in [0.25, 0.3) is 0 Å². The summed E-state index contributed by atoms with van der Waals surface area (Å²) in [7, 11) is 0. The van der Waals surface area contributed by atoms with Crippen LogP contribution in [0.1, 0.15) is 39.7 Å². The molecule has 2 amide bonds. The van der Waals surface area contributed by atoms with Crippen molar-refractivity contribution in [2.24, 2.45) is 0 Å². The van der Waals surface area contributed by atoms with Crippen molar-refractivity contribution in [3.8, 4) is 0 Å². The lowest BCUT2D eigenvalue weighted by Crippen LogP contribution is -2.68. The summed E-state index contributed by atoms with van der Waals surface area (Å²) < 4.78 is 0. The van der Waals surface area contributed by atoms with E-state index >= 15 is 0 Å². The maximum Gasteiger partial charge on any atom is 0.251 e. The molecule has 20 heavy (non-hydrogen) atoms. The number of nitrogens with zero attached hydrogens (tertiary/aromatic N) is 1. The van der Waals surface area contributed by atoms with Gasteiger partial charge in [0.2, 0.25) is 5.91 Å². The van der Waals surface area contributed by atoms with Crippen molar-refractivity contribution in [1.29, 1.82) is 0 Å². The van der Waals surface area contributed by atoms with Gasteiger partial charge >= 0.3 is 0 Å². The van der Waals surface area contributed by atoms with Gasteiger partial charge in [0, 0.05) is 6.04 Å². The normalized spacial score (nSPS) is 28.2. The topological polar surface area (TPSA) is 49.4 Å². The van der Waals surface area contributed by atoms with E-state index in [1.54, 1.807) is 11.8 Å². The molecule has 0 radical (unpaired) electrons. The Balaban J connectivity index is 2.56. The van der Waals surface area contributed by atoms with Crippen LogP contribution < -0.4 is 5.32 Å². The molecule has 4 nitrogen and oxygen atoms in total. The van der Waals surface area contributed by atoms with Gasteiger partial charge in [-0.25, -0.2) is 0 Å². The van der Waals surface area contributed by atoms with E-state index in [1.165, 1.54) is 0 Å². The molecular weight excluding hydrogens is 252 g/mol. The van der Waals surface area contributed by atoms with Crippen molar-refractivity contribution in [2.45, 2.75) is 51.7 Å². The fourth-order valence-corrected chi connectivity index (χ4v) is 2.81. The minimum Gasteiger partial charge on any atom is -0.342 e. The molecule has 1 fully saturated rings. The Morgan fingerprint density at radius 3 is 2.45 bits per heavy atom. The Morgan fingerprint density at radius 2 is 1.90 bits per heavy atom. The zero-order valence-electron chi connectivity index (χ0n) is 12.5. The number of nitrogens with one attached hydrogen (secondary N) is 1. The Labute approximate surface area is 120 Å². The van der Waals surface area contributed by atoms with Gasteiger partial charge in [0.05, 0.1) is 0 Å². The van der Waals surface area contributed by atoms with Gasteiger partial charge in [-0.1, -0.05) is 37.3 Å². The minimum absolute atomic E-state index is 0.0150. The first-order valence-electron chi connectivity index (χ1n) is 7.12. The van der Waals surface area contributed by atoms with Gasteiger partial charge in [-0.3, -0.25) is 9.59 Å². The molecule has 1 heterocycles. The van der Waals surface area contributed by atoms with Gasteiger partial charge in [0.1, 0.15) is 11.6 Å². The number of benzene rings is 1. The highest BCUT2D eigenvalue weighted by molar-refractivity contribution is 6.00. The summed E-state index contributed by atoms with van der Waals surface area (Å²) in [5, 5.41) is 2.80. The Kier molecular flexibility index (Phi) is 3.84. The van der Waals surface area contributed by atoms with Gasteiger partial charge < -0.3 is 10.2 Å². The molecule has 1 saturated heterocycles. The number of carbonyl (C=O) groups is 2. The fourth-order valence-electron chi connectivity index (χ4n) is 2.81. The summed E-state index contributed by atoms with van der Waals surface area (Å²) in [6.07, 6.45) is 0.814. The van der Waals surface area contributed by atoms with Crippen molar-refractivity contribution in [3.05, 3.63) is 35.9 Å². The maximum absolute atomic E-state index is 12.6. The van der Waals surface area contributed by atoms with Crippen molar-refractivity contribution >= 4 is 11.8 Å². The second-order valence-electron chi connectivity index (χ2n) is 5.60. The van der Waals surface area contributed by atoms with Crippen LogP contribution in [-0.4, -0.2) is 28.8 Å². The van der Waals surface area contributed by atoms with E-state index in [9.17, 15) is 9.59 Å². The number of carbonyl (C=O) groups excluding carboxylic acids is 2. The van der Waals surface area contributed by atoms with Gasteiger partial charge in [0.25, 0.3) is 5.91 Å². The lowest BCUT2D eigenvalue weighted by molar-refractivity contribution is -0.160. The second-order valence-corrected chi connectivity index (χ2v) is 5.60. The Bertz CT molecular complexity index is 514. The molecule has 3 atom stereocenters. The van der Waals surface area contributed by atoms with Crippen LogP contribution in [0.15, 0.2) is 30.3 Å². The van der Waals surface area contributed by atoms with Gasteiger partial charge in [0.15, 0.2) is 0 Å². The summed E-state index contributed by atoms with van der Waals surface area (Å²) in [5.41, 5.74) is -0.0987. The highest BCUT2D eigenvalue weighted by atomic mass is 16.2. The standard InChI is InChI=1S/C16H22N2O2/c1-5-11(2)18-14(19)12(3)17-15(20)16(18,4)13-9-7-6-8-10-13/h6-12H,5H2,1-4H3,(H,17,20). The fraction of sp³-hybridized carbons (Fsp3) is 0.500. The largest absolute Gasteiger partial charge is 0.342 e. The number of hydrogen-bond acceptors (Lipinski definition) is 2. The van der Waals surface area contributed by atoms with Crippen molar-refractivity contribution in [2.75, 3.05) is 0 Å². The number of rotatable bonds is 3. The zero-order chi connectivity index (χ0) is 14.9. The first kappa shape index (κ1) is 14.6. The van der Waals surface area contributed by atoms with Crippen LogP contribution >= 0.6 is 0 Å². The molecule has 1 aliphatic heterocycles. The summed E-state index contributed by atoms with van der Waals surface area (Å²) in [4.78, 5) is 26.9. The molecule has 4 heteroatoms. The van der Waals surface area contributed by atoms with E-state index in [0.29, 0.717) is 0 Å². The summed E-state index contributed by atoms with van der Waals surface area (Å²) >= 11 is 0. The quantitative estimate of drug-likeness (QED) is 0.917. The molecule has 1 N–H and O–H groups in total. The average molecular weight is 274 g/mol. The molecule has 1 aliphatic rings. The van der Waals surface area contributed by atoms with Crippen molar-refractivity contribution < 1.29 is 9.59 Å². The van der Waals surface area contributed by atoms with Gasteiger partial charge in [-0.05, 0) is 32.8 Å². The van der Waals surface area contributed by atoms with Crippen LogP contribution in [0.2, 0.25) is 0 Å². The number of piperazine rings is 1. The minimum atomic E-state index is -0.944. The SMILES string of the molecule is CCC(C)N1C(=O)C(C)NC(=O)C1(C)c1ccccc1. The lowest BCUT2D eigenvalue weighted by Gasteiger charge is -2.48. The van der Waals surface area contributed by atoms with E-state index in [1.807, 2.05) is 51.1 Å². The van der Waals surface area contributed by atoms with E-state index in [4.69, 9.17) is 0 Å². The van der Waals surface area contributed by atoms with E-state index in [2.05, 4.69) is 5.32 Å². The third-order valence-electron chi connectivity index (χ3n) is 4.25. The molecule has 0 aromatic heterocycles. The highest BCUT2D eigenvalue weighted by Crippen LogP contribution is 2.34. The average Bonchev–Trinajstić information content (AvgIpc) is 2.46. The first-order chi connectivity index (χ1) is 9.42. The zero-order valence-corrected chi connectivity index (χ0v) is 12.5. The third-order valence-corrected chi connectivity index (χ3v) is 4.25. The van der Waals surface area contributed by atoms with Crippen LogP contribution in [-0.2, 0) is 15.1 Å². The van der Waals surface area contributed by atoms with Gasteiger partial charge in [-0.2, -0.15) is 0 Å². The first-order valence-corrected chi connectivity index (χ1v) is 7.12. The van der Waals surface area contributed by atoms with Crippen LogP contribution in [0, 0.1) is 0 Å². The Hall–Kier alpha value is -1.84. The van der Waals surface area contributed by atoms with E-state index < -0.39 is 11.6 Å². The summed E-state index contributed by atoms with van der Waals surface area (Å²) in [5.74, 6) is -0.138. The number of hydrogen-bond donors (Lipinski definition) is 1. The summed E-state index contributed by atoms with van der Waals surface area (Å²) in [6.45, 7) is 7.58. The van der Waals surface area contributed by atoms with Crippen molar-refractivity contribution in [3.63, 3.8) is 0 Å². The Morgan fingerprint density at radius 1 is 1.30 bits per heavy atom.